The molecule has 2 unspecified atom stereocenters. The van der Waals surface area contributed by atoms with E-state index in [9.17, 15) is 4.79 Å². The fourth-order valence-electron chi connectivity index (χ4n) is 1.84. The zero-order valence-electron chi connectivity index (χ0n) is 15.8. The second-order valence-electron chi connectivity index (χ2n) is 7.87. The summed E-state index contributed by atoms with van der Waals surface area (Å²) in [5.41, 5.74) is -0.144. The van der Waals surface area contributed by atoms with Crippen LogP contribution in [0.3, 0.4) is 0 Å². The Morgan fingerprint density at radius 2 is 1.91 bits per heavy atom. The summed E-state index contributed by atoms with van der Waals surface area (Å²) in [6.45, 7) is 15.7. The summed E-state index contributed by atoms with van der Waals surface area (Å²) in [5.74, 6) is 0.111. The Morgan fingerprint density at radius 3 is 2.14 bits per heavy atom. The number of Topliss-reactive ketones (excluding diaryl/α,β-unsaturated/α-hetero) is 1. The second kappa shape index (κ2) is 8.01. The van der Waals surface area contributed by atoms with Crippen LogP contribution in [0, 0.1) is 0 Å². The van der Waals surface area contributed by atoms with E-state index in [1.165, 1.54) is 0 Å². The van der Waals surface area contributed by atoms with Gasteiger partial charge in [0, 0.05) is 13.7 Å². The smallest absolute Gasteiger partial charge is 0.192 e. The lowest BCUT2D eigenvalue weighted by molar-refractivity contribution is -0.150. The first-order valence-corrected chi connectivity index (χ1v) is 10.7. The molecular formula is C16H35NO4Si. The van der Waals surface area contributed by atoms with Crippen molar-refractivity contribution >= 4 is 14.1 Å². The van der Waals surface area contributed by atoms with Crippen LogP contribution in [0.25, 0.3) is 0 Å². The van der Waals surface area contributed by atoms with Crippen LogP contribution in [0.15, 0.2) is 0 Å². The van der Waals surface area contributed by atoms with E-state index in [-0.39, 0.29) is 35.7 Å². The van der Waals surface area contributed by atoms with Crippen molar-refractivity contribution in [1.82, 2.24) is 4.90 Å². The maximum absolute atomic E-state index is 10.7. The molecule has 0 aromatic heterocycles. The number of ether oxygens (including phenoxy) is 1. The van der Waals surface area contributed by atoms with Crippen molar-refractivity contribution in [2.45, 2.75) is 64.4 Å². The lowest BCUT2D eigenvalue weighted by Gasteiger charge is -2.53. The van der Waals surface area contributed by atoms with Crippen molar-refractivity contribution in [2.75, 3.05) is 33.9 Å². The van der Waals surface area contributed by atoms with Crippen LogP contribution >= 0.6 is 0 Å². The monoisotopic (exact) mass is 333 g/mol. The fraction of sp³-hybridized carbons (Fsp3) is 0.938. The van der Waals surface area contributed by atoms with Crippen LogP contribution in [0.1, 0.15) is 34.6 Å². The number of hydrogen-bond donors (Lipinski definition) is 1. The maximum atomic E-state index is 10.7. The molecule has 0 aliphatic carbocycles. The third-order valence-electron chi connectivity index (χ3n) is 5.05. The Balaban J connectivity index is 0.000000406. The number of carbonyl (C=O) groups is 1. The van der Waals surface area contributed by atoms with Crippen molar-refractivity contribution in [1.29, 1.82) is 0 Å². The Labute approximate surface area is 137 Å². The highest BCUT2D eigenvalue weighted by Crippen LogP contribution is 2.36. The minimum absolute atomic E-state index is 0.111. The van der Waals surface area contributed by atoms with E-state index in [2.05, 4.69) is 38.8 Å². The summed E-state index contributed by atoms with van der Waals surface area (Å²) >= 11 is 0. The van der Waals surface area contributed by atoms with Crippen LogP contribution in [-0.4, -0.2) is 69.7 Å². The number of aliphatic hydroxyl groups excluding tert-OH is 1. The molecule has 0 radical (unpaired) electrons. The first-order chi connectivity index (χ1) is 9.81. The van der Waals surface area contributed by atoms with E-state index < -0.39 is 8.32 Å². The molecule has 0 aromatic carbocycles. The molecule has 5 nitrogen and oxygen atoms in total. The van der Waals surface area contributed by atoms with Crippen molar-refractivity contribution in [3.05, 3.63) is 0 Å². The van der Waals surface area contributed by atoms with Gasteiger partial charge in [-0.3, -0.25) is 9.69 Å². The standard InChI is InChI=1S/C9H20O2Si.C7H15NO2/c1-8(10)7-11-12(5,6)9(2,3)4;1-7(5-9)6(10-3)4-8(7)2/h7H2,1-6H3;6,9H,4-5H2,1-3H3. The molecule has 2 atom stereocenters. The Bertz CT molecular complexity index is 368. The van der Waals surface area contributed by atoms with Crippen LogP contribution in [0.4, 0.5) is 0 Å². The highest BCUT2D eigenvalue weighted by Gasteiger charge is 2.47. The molecule has 0 bridgehead atoms. The number of rotatable bonds is 5. The molecule has 1 saturated heterocycles. The SMILES string of the molecule is CC(=O)CO[Si](C)(C)C(C)(C)C.COC1CN(C)C1(C)CO. The molecule has 0 spiro atoms. The minimum atomic E-state index is -1.69. The molecule has 0 saturated carbocycles. The van der Waals surface area contributed by atoms with Crippen LogP contribution < -0.4 is 0 Å². The van der Waals surface area contributed by atoms with Gasteiger partial charge in [0.05, 0.1) is 24.9 Å². The van der Waals surface area contributed by atoms with Gasteiger partial charge in [-0.2, -0.15) is 0 Å². The quantitative estimate of drug-likeness (QED) is 0.782. The van der Waals surface area contributed by atoms with E-state index in [1.54, 1.807) is 14.0 Å². The number of methoxy groups -OCH3 is 1. The minimum Gasteiger partial charge on any atom is -0.410 e. The first-order valence-electron chi connectivity index (χ1n) is 7.80. The van der Waals surface area contributed by atoms with E-state index in [0.717, 1.165) is 6.54 Å². The molecule has 1 rings (SSSR count). The second-order valence-corrected chi connectivity index (χ2v) is 12.7. The van der Waals surface area contributed by atoms with Crippen LogP contribution in [0.2, 0.25) is 18.1 Å². The number of nitrogens with zero attached hydrogens (tertiary/aromatic N) is 1. The van der Waals surface area contributed by atoms with Crippen molar-refractivity contribution in [3.8, 4) is 0 Å². The van der Waals surface area contributed by atoms with E-state index in [0.29, 0.717) is 0 Å². The normalized spacial score (nSPS) is 26.0. The van der Waals surface area contributed by atoms with Gasteiger partial charge in [-0.05, 0) is 39.0 Å². The third kappa shape index (κ3) is 5.42. The molecule has 1 heterocycles. The zero-order valence-corrected chi connectivity index (χ0v) is 16.8. The molecule has 1 N–H and O–H groups in total. The summed E-state index contributed by atoms with van der Waals surface area (Å²) in [7, 11) is 1.99. The van der Waals surface area contributed by atoms with Gasteiger partial charge in [0.1, 0.15) is 0 Å². The number of hydrogen-bond acceptors (Lipinski definition) is 5. The molecule has 6 heteroatoms. The van der Waals surface area contributed by atoms with Gasteiger partial charge in [0.2, 0.25) is 0 Å². The molecule has 22 heavy (non-hydrogen) atoms. The number of likely N-dealkylation sites (tertiary alicyclic amines) is 1. The first kappa shape index (κ1) is 21.7. The van der Waals surface area contributed by atoms with Crippen LogP contribution in [0.5, 0.6) is 0 Å². The number of likely N-dealkylation sites (N-methyl/N-ethyl adjacent to an activating group) is 1. The fourth-order valence-corrected chi connectivity index (χ4v) is 2.83. The number of carbonyl (C=O) groups excluding carboxylic acids is 1. The summed E-state index contributed by atoms with van der Waals surface area (Å²) in [5, 5.41) is 9.19. The average Bonchev–Trinajstić information content (AvgIpc) is 2.40. The van der Waals surface area contributed by atoms with Crippen molar-refractivity contribution in [2.24, 2.45) is 0 Å². The Hall–Kier alpha value is -0.273. The number of aliphatic hydroxyl groups is 1. The van der Waals surface area contributed by atoms with Gasteiger partial charge < -0.3 is 14.3 Å². The van der Waals surface area contributed by atoms with Gasteiger partial charge in [0.25, 0.3) is 0 Å². The lowest BCUT2D eigenvalue weighted by atomic mass is 9.85. The Morgan fingerprint density at radius 1 is 1.41 bits per heavy atom. The van der Waals surface area contributed by atoms with Gasteiger partial charge in [-0.25, -0.2) is 0 Å². The number of ketones is 1. The molecule has 1 fully saturated rings. The molecular weight excluding hydrogens is 298 g/mol. The predicted octanol–water partition coefficient (Wildman–Crippen LogP) is 2.30. The largest absolute Gasteiger partial charge is 0.410 e. The lowest BCUT2D eigenvalue weighted by Crippen LogP contribution is -2.69. The summed E-state index contributed by atoms with van der Waals surface area (Å²) in [4.78, 5) is 12.8. The third-order valence-corrected chi connectivity index (χ3v) is 9.53. The molecule has 1 aliphatic heterocycles. The van der Waals surface area contributed by atoms with Gasteiger partial charge >= 0.3 is 0 Å². The van der Waals surface area contributed by atoms with Gasteiger partial charge in [-0.15, -0.1) is 0 Å². The highest BCUT2D eigenvalue weighted by atomic mass is 28.4. The van der Waals surface area contributed by atoms with Gasteiger partial charge in [-0.1, -0.05) is 20.8 Å². The predicted molar refractivity (Wildman–Crippen MR) is 92.7 cm³/mol. The van der Waals surface area contributed by atoms with E-state index in [4.69, 9.17) is 14.3 Å². The Kier molecular flexibility index (Phi) is 7.91. The molecule has 0 amide bonds. The molecule has 0 aromatic rings. The summed E-state index contributed by atoms with van der Waals surface area (Å²) < 4.78 is 10.8. The van der Waals surface area contributed by atoms with Crippen LogP contribution in [-0.2, 0) is 14.0 Å². The summed E-state index contributed by atoms with van der Waals surface area (Å²) in [6, 6.07) is 0. The zero-order chi connectivity index (χ0) is 17.8. The summed E-state index contributed by atoms with van der Waals surface area (Å²) in [6.07, 6.45) is 0.197. The van der Waals surface area contributed by atoms with Crippen molar-refractivity contribution in [3.63, 3.8) is 0 Å². The topological polar surface area (TPSA) is 59.0 Å². The molecule has 132 valence electrons. The highest BCUT2D eigenvalue weighted by molar-refractivity contribution is 6.74. The average molecular weight is 334 g/mol. The maximum Gasteiger partial charge on any atom is 0.192 e. The van der Waals surface area contributed by atoms with E-state index >= 15 is 0 Å². The molecule has 1 aliphatic rings. The van der Waals surface area contributed by atoms with Crippen molar-refractivity contribution < 1.29 is 19.1 Å². The van der Waals surface area contributed by atoms with E-state index in [1.807, 2.05) is 14.0 Å². The van der Waals surface area contributed by atoms with Gasteiger partial charge in [0.15, 0.2) is 14.1 Å².